The minimum Gasteiger partial charge on any atom is -0.480 e. The molecule has 6 nitrogen and oxygen atoms in total. The zero-order chi connectivity index (χ0) is 13.7. The van der Waals surface area contributed by atoms with E-state index in [0.717, 1.165) is 6.42 Å². The molecule has 0 bridgehead atoms. The molecule has 1 saturated heterocycles. The smallest absolute Gasteiger partial charge is 0.326 e. The van der Waals surface area contributed by atoms with E-state index in [1.165, 1.54) is 9.80 Å². The van der Waals surface area contributed by atoms with Gasteiger partial charge in [-0.2, -0.15) is 0 Å². The molecule has 1 fully saturated rings. The second-order valence-electron chi connectivity index (χ2n) is 4.81. The molecule has 18 heavy (non-hydrogen) atoms. The normalized spacial score (nSPS) is 19.3. The third-order valence-corrected chi connectivity index (χ3v) is 2.99. The number of likely N-dealkylation sites (tertiary alicyclic amines) is 1. The fourth-order valence-electron chi connectivity index (χ4n) is 1.99. The molecule has 0 aliphatic carbocycles. The summed E-state index contributed by atoms with van der Waals surface area (Å²) in [5.74, 6) is -0.923. The highest BCUT2D eigenvalue weighted by Crippen LogP contribution is 2.18. The van der Waals surface area contributed by atoms with Crippen LogP contribution in [0.25, 0.3) is 0 Å². The number of urea groups is 1. The van der Waals surface area contributed by atoms with Gasteiger partial charge in [0.2, 0.25) is 0 Å². The second-order valence-corrected chi connectivity index (χ2v) is 4.81. The van der Waals surface area contributed by atoms with Gasteiger partial charge in [-0.3, -0.25) is 0 Å². The van der Waals surface area contributed by atoms with Gasteiger partial charge in [-0.25, -0.2) is 9.59 Å². The van der Waals surface area contributed by atoms with Gasteiger partial charge in [-0.05, 0) is 26.7 Å². The van der Waals surface area contributed by atoms with Crippen LogP contribution in [-0.4, -0.2) is 65.8 Å². The summed E-state index contributed by atoms with van der Waals surface area (Å²) in [6.07, 6.45) is 1.42. The van der Waals surface area contributed by atoms with Gasteiger partial charge in [0.15, 0.2) is 0 Å². The summed E-state index contributed by atoms with van der Waals surface area (Å²) < 4.78 is 5.37. The molecule has 1 atom stereocenters. The van der Waals surface area contributed by atoms with Gasteiger partial charge in [-0.15, -0.1) is 0 Å². The van der Waals surface area contributed by atoms with Gasteiger partial charge in [0.1, 0.15) is 6.04 Å². The Morgan fingerprint density at radius 2 is 2.17 bits per heavy atom. The fourth-order valence-corrected chi connectivity index (χ4v) is 1.99. The largest absolute Gasteiger partial charge is 0.480 e. The maximum atomic E-state index is 12.1. The zero-order valence-corrected chi connectivity index (χ0v) is 11.3. The number of nitrogens with zero attached hydrogens (tertiary/aromatic N) is 2. The van der Waals surface area contributed by atoms with Crippen molar-refractivity contribution >= 4 is 12.0 Å². The third-order valence-electron chi connectivity index (χ3n) is 2.99. The number of carboxylic acids is 1. The Kier molecular flexibility index (Phi) is 5.40. The number of amides is 2. The van der Waals surface area contributed by atoms with E-state index in [9.17, 15) is 9.59 Å². The predicted molar refractivity (Wildman–Crippen MR) is 66.5 cm³/mol. The van der Waals surface area contributed by atoms with Gasteiger partial charge in [-0.1, -0.05) is 0 Å². The van der Waals surface area contributed by atoms with Crippen molar-refractivity contribution in [3.05, 3.63) is 0 Å². The molecule has 0 spiro atoms. The van der Waals surface area contributed by atoms with Crippen LogP contribution in [0.4, 0.5) is 4.79 Å². The number of hydrogen-bond acceptors (Lipinski definition) is 3. The third kappa shape index (κ3) is 3.87. The first kappa shape index (κ1) is 14.8. The molecule has 0 aromatic rings. The number of rotatable bonds is 5. The second kappa shape index (κ2) is 6.58. The zero-order valence-electron chi connectivity index (χ0n) is 11.3. The molecule has 1 heterocycles. The van der Waals surface area contributed by atoms with Crippen LogP contribution in [0.3, 0.4) is 0 Å². The molecule has 104 valence electrons. The summed E-state index contributed by atoms with van der Waals surface area (Å²) in [6.45, 7) is 5.32. The summed E-state index contributed by atoms with van der Waals surface area (Å²) in [4.78, 5) is 26.0. The molecule has 1 aliphatic heterocycles. The maximum absolute atomic E-state index is 12.1. The van der Waals surface area contributed by atoms with Crippen molar-refractivity contribution < 1.29 is 19.4 Å². The fraction of sp³-hybridized carbons (Fsp3) is 0.833. The summed E-state index contributed by atoms with van der Waals surface area (Å²) in [5, 5.41) is 9.03. The van der Waals surface area contributed by atoms with Crippen LogP contribution in [0.5, 0.6) is 0 Å². The topological polar surface area (TPSA) is 70.1 Å². The molecule has 1 N–H and O–H groups in total. The first-order chi connectivity index (χ1) is 8.43. The van der Waals surface area contributed by atoms with Crippen molar-refractivity contribution in [2.45, 2.75) is 38.8 Å². The van der Waals surface area contributed by atoms with Crippen molar-refractivity contribution in [2.75, 3.05) is 26.7 Å². The van der Waals surface area contributed by atoms with Gasteiger partial charge < -0.3 is 19.6 Å². The van der Waals surface area contributed by atoms with Gasteiger partial charge in [0.25, 0.3) is 0 Å². The predicted octanol–water partition coefficient (Wildman–Crippen LogP) is 1.01. The lowest BCUT2D eigenvalue weighted by atomic mass is 10.2. The first-order valence-corrected chi connectivity index (χ1v) is 6.29. The molecule has 0 radical (unpaired) electrons. The number of ether oxygens (including phenoxy) is 1. The van der Waals surface area contributed by atoms with Gasteiger partial charge in [0, 0.05) is 20.1 Å². The summed E-state index contributed by atoms with van der Waals surface area (Å²) >= 11 is 0. The lowest BCUT2D eigenvalue weighted by molar-refractivity contribution is -0.141. The van der Waals surface area contributed by atoms with E-state index in [1.54, 1.807) is 7.05 Å². The van der Waals surface area contributed by atoms with Gasteiger partial charge in [0.05, 0.1) is 12.7 Å². The molecule has 0 unspecified atom stereocenters. The molecule has 0 saturated carbocycles. The van der Waals surface area contributed by atoms with E-state index in [0.29, 0.717) is 26.1 Å². The number of likely N-dealkylation sites (N-methyl/N-ethyl adjacent to an activating group) is 1. The number of hydrogen-bond donors (Lipinski definition) is 1. The molecule has 0 aromatic carbocycles. The molecule has 1 aliphatic rings. The van der Waals surface area contributed by atoms with E-state index in [4.69, 9.17) is 9.84 Å². The van der Waals surface area contributed by atoms with Crippen molar-refractivity contribution in [1.82, 2.24) is 9.80 Å². The van der Waals surface area contributed by atoms with E-state index in [-0.39, 0.29) is 12.1 Å². The Balaban J connectivity index is 2.45. The molecule has 6 heteroatoms. The molecular weight excluding hydrogens is 236 g/mol. The van der Waals surface area contributed by atoms with Crippen molar-refractivity contribution in [1.29, 1.82) is 0 Å². The molecular formula is C12H22N2O4. The average Bonchev–Trinajstić information content (AvgIpc) is 2.76. The van der Waals surface area contributed by atoms with E-state index >= 15 is 0 Å². The Morgan fingerprint density at radius 3 is 2.72 bits per heavy atom. The highest BCUT2D eigenvalue weighted by Gasteiger charge is 2.35. The van der Waals surface area contributed by atoms with Crippen LogP contribution in [0.1, 0.15) is 26.7 Å². The minimum atomic E-state index is -0.923. The quantitative estimate of drug-likeness (QED) is 0.799. The van der Waals surface area contributed by atoms with E-state index in [2.05, 4.69) is 0 Å². The van der Waals surface area contributed by atoms with Crippen molar-refractivity contribution in [3.8, 4) is 0 Å². The van der Waals surface area contributed by atoms with Crippen LogP contribution in [0.2, 0.25) is 0 Å². The Morgan fingerprint density at radius 1 is 1.50 bits per heavy atom. The lowest BCUT2D eigenvalue weighted by Crippen LogP contribution is -2.47. The first-order valence-electron chi connectivity index (χ1n) is 6.29. The van der Waals surface area contributed by atoms with Crippen LogP contribution in [0, 0.1) is 0 Å². The van der Waals surface area contributed by atoms with Crippen LogP contribution >= 0.6 is 0 Å². The van der Waals surface area contributed by atoms with Gasteiger partial charge >= 0.3 is 12.0 Å². The minimum absolute atomic E-state index is 0.132. The summed E-state index contributed by atoms with van der Waals surface area (Å²) in [7, 11) is 1.67. The number of carbonyl (C=O) groups is 2. The maximum Gasteiger partial charge on any atom is 0.326 e. The summed E-state index contributed by atoms with van der Waals surface area (Å²) in [6, 6.07) is -0.904. The average molecular weight is 258 g/mol. The molecule has 0 aromatic heterocycles. The Labute approximate surface area is 107 Å². The standard InChI is InChI=1S/C12H22N2O4/c1-9(2)18-8-7-13(3)12(17)14-6-4-5-10(14)11(15)16/h9-10H,4-8H2,1-3H3,(H,15,16)/t10-/m1/s1. The molecule has 1 rings (SSSR count). The SMILES string of the molecule is CC(C)OCCN(C)C(=O)N1CCC[C@@H]1C(=O)O. The van der Waals surface area contributed by atoms with Crippen LogP contribution < -0.4 is 0 Å². The van der Waals surface area contributed by atoms with E-state index in [1.807, 2.05) is 13.8 Å². The highest BCUT2D eigenvalue weighted by atomic mass is 16.5. The summed E-state index contributed by atoms with van der Waals surface area (Å²) in [5.41, 5.74) is 0. The monoisotopic (exact) mass is 258 g/mol. The van der Waals surface area contributed by atoms with Crippen molar-refractivity contribution in [2.24, 2.45) is 0 Å². The Hall–Kier alpha value is -1.30. The van der Waals surface area contributed by atoms with Crippen LogP contribution in [0.15, 0.2) is 0 Å². The van der Waals surface area contributed by atoms with E-state index < -0.39 is 12.0 Å². The molecule has 2 amide bonds. The number of carboxylic acid groups (broad SMARTS) is 1. The number of carbonyl (C=O) groups excluding carboxylic acids is 1. The number of aliphatic carboxylic acids is 1. The Bertz CT molecular complexity index is 306. The lowest BCUT2D eigenvalue weighted by Gasteiger charge is -2.27. The van der Waals surface area contributed by atoms with Crippen LogP contribution in [-0.2, 0) is 9.53 Å². The highest BCUT2D eigenvalue weighted by molar-refractivity contribution is 5.83. The van der Waals surface area contributed by atoms with Crippen molar-refractivity contribution in [3.63, 3.8) is 0 Å².